The van der Waals surface area contributed by atoms with E-state index in [0.717, 1.165) is 11.8 Å². The third kappa shape index (κ3) is 3.57. The standard InChI is InChI=1S/C19H17F3N4O3/c1-28-15-3-4-23-11-14(15)25-6-8-26(9-7-25)18(27)12-2-5-24-13-10-16(19(20,21)22)29-17(12)13/h2-5,10-11H,6-9H2,1H3. The minimum atomic E-state index is -4.64. The number of nitrogens with zero attached hydrogens (tertiary/aromatic N) is 4. The molecule has 0 radical (unpaired) electrons. The van der Waals surface area contributed by atoms with Gasteiger partial charge in [0.2, 0.25) is 5.76 Å². The van der Waals surface area contributed by atoms with Crippen LogP contribution in [-0.2, 0) is 6.18 Å². The molecular weight excluding hydrogens is 389 g/mol. The van der Waals surface area contributed by atoms with Crippen LogP contribution in [-0.4, -0.2) is 54.1 Å². The molecule has 4 heterocycles. The smallest absolute Gasteiger partial charge is 0.449 e. The molecule has 1 amide bonds. The third-order valence-corrected chi connectivity index (χ3v) is 4.81. The summed E-state index contributed by atoms with van der Waals surface area (Å²) in [6.45, 7) is 1.86. The fourth-order valence-corrected chi connectivity index (χ4v) is 3.35. The number of methoxy groups -OCH3 is 1. The molecule has 0 N–H and O–H groups in total. The number of amides is 1. The van der Waals surface area contributed by atoms with Gasteiger partial charge in [-0.3, -0.25) is 14.8 Å². The summed E-state index contributed by atoms with van der Waals surface area (Å²) in [5, 5.41) is 0. The molecule has 0 spiro atoms. The maximum Gasteiger partial charge on any atom is 0.449 e. The van der Waals surface area contributed by atoms with Crippen molar-refractivity contribution in [2.45, 2.75) is 6.18 Å². The van der Waals surface area contributed by atoms with Crippen LogP contribution in [0.1, 0.15) is 16.1 Å². The topological polar surface area (TPSA) is 71.7 Å². The number of fused-ring (bicyclic) bond motifs is 1. The van der Waals surface area contributed by atoms with Crippen LogP contribution in [0.3, 0.4) is 0 Å². The van der Waals surface area contributed by atoms with Gasteiger partial charge in [-0.05, 0) is 6.07 Å². The predicted octanol–water partition coefficient (Wildman–Crippen LogP) is 3.21. The summed E-state index contributed by atoms with van der Waals surface area (Å²) in [4.78, 5) is 24.6. The first-order chi connectivity index (χ1) is 13.9. The molecule has 0 atom stereocenters. The fraction of sp³-hybridized carbons (Fsp3) is 0.316. The number of furan rings is 1. The number of rotatable bonds is 3. The summed E-state index contributed by atoms with van der Waals surface area (Å²) in [5.41, 5.74) is 0.746. The second-order valence-electron chi connectivity index (χ2n) is 6.51. The SMILES string of the molecule is COc1ccncc1N1CCN(C(=O)c2ccnc3cc(C(F)(F)F)oc23)CC1. The van der Waals surface area contributed by atoms with Crippen molar-refractivity contribution in [3.05, 3.63) is 48.1 Å². The van der Waals surface area contributed by atoms with Gasteiger partial charge in [0.1, 0.15) is 11.3 Å². The van der Waals surface area contributed by atoms with Crippen LogP contribution in [0.4, 0.5) is 18.9 Å². The molecule has 29 heavy (non-hydrogen) atoms. The summed E-state index contributed by atoms with van der Waals surface area (Å²) in [5.74, 6) is -0.877. The highest BCUT2D eigenvalue weighted by Gasteiger charge is 2.36. The second-order valence-corrected chi connectivity index (χ2v) is 6.51. The molecule has 1 fully saturated rings. The number of alkyl halides is 3. The monoisotopic (exact) mass is 406 g/mol. The molecule has 0 unspecified atom stereocenters. The lowest BCUT2D eigenvalue weighted by molar-refractivity contribution is -0.152. The van der Waals surface area contributed by atoms with Crippen LogP contribution in [0.5, 0.6) is 5.75 Å². The second kappa shape index (κ2) is 7.26. The molecule has 1 aliphatic rings. The first-order valence-electron chi connectivity index (χ1n) is 8.86. The van der Waals surface area contributed by atoms with Crippen LogP contribution in [0.15, 0.2) is 41.2 Å². The number of anilines is 1. The summed E-state index contributed by atoms with van der Waals surface area (Å²) in [6, 6.07) is 3.94. The molecule has 1 saturated heterocycles. The van der Waals surface area contributed by atoms with Gasteiger partial charge < -0.3 is 19.0 Å². The van der Waals surface area contributed by atoms with Gasteiger partial charge in [0.05, 0.1) is 24.6 Å². The van der Waals surface area contributed by atoms with Gasteiger partial charge in [0.15, 0.2) is 5.58 Å². The van der Waals surface area contributed by atoms with E-state index < -0.39 is 17.8 Å². The highest BCUT2D eigenvalue weighted by molar-refractivity contribution is 6.04. The van der Waals surface area contributed by atoms with Gasteiger partial charge in [-0.2, -0.15) is 13.2 Å². The van der Waals surface area contributed by atoms with E-state index in [2.05, 4.69) is 9.97 Å². The average molecular weight is 406 g/mol. The number of hydrogen-bond donors (Lipinski definition) is 0. The number of hydrogen-bond acceptors (Lipinski definition) is 6. The first-order valence-corrected chi connectivity index (χ1v) is 8.86. The van der Waals surface area contributed by atoms with E-state index in [0.29, 0.717) is 31.9 Å². The Hall–Kier alpha value is -3.30. The van der Waals surface area contributed by atoms with E-state index >= 15 is 0 Å². The lowest BCUT2D eigenvalue weighted by atomic mass is 10.2. The highest BCUT2D eigenvalue weighted by atomic mass is 19.4. The largest absolute Gasteiger partial charge is 0.494 e. The van der Waals surface area contributed by atoms with Gasteiger partial charge in [-0.1, -0.05) is 0 Å². The lowest BCUT2D eigenvalue weighted by Gasteiger charge is -2.36. The molecule has 152 valence electrons. The summed E-state index contributed by atoms with van der Waals surface area (Å²) < 4.78 is 49.1. The van der Waals surface area contributed by atoms with E-state index in [4.69, 9.17) is 9.15 Å². The number of carbonyl (C=O) groups excluding carboxylic acids is 1. The maximum atomic E-state index is 12.9. The Bertz CT molecular complexity index is 1040. The van der Waals surface area contributed by atoms with Crippen molar-refractivity contribution in [2.24, 2.45) is 0 Å². The number of piperazine rings is 1. The van der Waals surface area contributed by atoms with Gasteiger partial charge >= 0.3 is 6.18 Å². The Morgan fingerprint density at radius 2 is 1.93 bits per heavy atom. The minimum Gasteiger partial charge on any atom is -0.494 e. The van der Waals surface area contributed by atoms with Crippen molar-refractivity contribution in [3.8, 4) is 5.75 Å². The van der Waals surface area contributed by atoms with Crippen molar-refractivity contribution >= 4 is 22.7 Å². The number of aromatic nitrogens is 2. The predicted molar refractivity (Wildman–Crippen MR) is 97.9 cm³/mol. The van der Waals surface area contributed by atoms with Crippen molar-refractivity contribution in [2.75, 3.05) is 38.2 Å². The van der Waals surface area contributed by atoms with Crippen LogP contribution >= 0.6 is 0 Å². The molecule has 0 saturated carbocycles. The Labute approximate surface area is 163 Å². The maximum absolute atomic E-state index is 12.9. The highest BCUT2D eigenvalue weighted by Crippen LogP contribution is 2.34. The summed E-state index contributed by atoms with van der Waals surface area (Å²) >= 11 is 0. The van der Waals surface area contributed by atoms with E-state index in [1.807, 2.05) is 4.90 Å². The summed E-state index contributed by atoms with van der Waals surface area (Å²) in [7, 11) is 1.58. The van der Waals surface area contributed by atoms with Gasteiger partial charge in [0.25, 0.3) is 5.91 Å². The van der Waals surface area contributed by atoms with Gasteiger partial charge in [-0.25, -0.2) is 0 Å². The molecule has 0 aromatic carbocycles. The number of ether oxygens (including phenoxy) is 1. The van der Waals surface area contributed by atoms with E-state index in [1.54, 1.807) is 30.5 Å². The zero-order valence-corrected chi connectivity index (χ0v) is 15.4. The molecule has 1 aliphatic heterocycles. The third-order valence-electron chi connectivity index (χ3n) is 4.81. The molecule has 4 rings (SSSR count). The van der Waals surface area contributed by atoms with Crippen LogP contribution in [0, 0.1) is 0 Å². The van der Waals surface area contributed by atoms with Crippen LogP contribution < -0.4 is 9.64 Å². The number of halogens is 3. The Balaban J connectivity index is 1.54. The quantitative estimate of drug-likeness (QED) is 0.665. The van der Waals surface area contributed by atoms with Crippen LogP contribution in [0.25, 0.3) is 11.1 Å². The number of pyridine rings is 2. The van der Waals surface area contributed by atoms with Crippen molar-refractivity contribution in [1.29, 1.82) is 0 Å². The zero-order chi connectivity index (χ0) is 20.6. The summed E-state index contributed by atoms with van der Waals surface area (Å²) in [6.07, 6.45) is -0.00297. The normalized spacial score (nSPS) is 15.0. The first kappa shape index (κ1) is 19.0. The number of carbonyl (C=O) groups is 1. The van der Waals surface area contributed by atoms with Crippen molar-refractivity contribution in [1.82, 2.24) is 14.9 Å². The zero-order valence-electron chi connectivity index (χ0n) is 15.4. The fourth-order valence-electron chi connectivity index (χ4n) is 3.35. The molecule has 0 bridgehead atoms. The Morgan fingerprint density at radius 3 is 2.62 bits per heavy atom. The Morgan fingerprint density at radius 1 is 1.17 bits per heavy atom. The van der Waals surface area contributed by atoms with E-state index in [-0.39, 0.29) is 16.7 Å². The molecular formula is C19H17F3N4O3. The minimum absolute atomic E-state index is 0.00177. The molecule has 3 aromatic heterocycles. The van der Waals surface area contributed by atoms with Crippen LogP contribution in [0.2, 0.25) is 0 Å². The van der Waals surface area contributed by atoms with Crippen molar-refractivity contribution < 1.29 is 27.1 Å². The van der Waals surface area contributed by atoms with E-state index in [9.17, 15) is 18.0 Å². The van der Waals surface area contributed by atoms with E-state index in [1.165, 1.54) is 12.3 Å². The Kier molecular flexibility index (Phi) is 4.77. The molecule has 0 aliphatic carbocycles. The molecule has 3 aromatic rings. The van der Waals surface area contributed by atoms with Gasteiger partial charge in [0, 0.05) is 50.7 Å². The van der Waals surface area contributed by atoms with Gasteiger partial charge in [-0.15, -0.1) is 0 Å². The average Bonchev–Trinajstić information content (AvgIpc) is 3.18. The lowest BCUT2D eigenvalue weighted by Crippen LogP contribution is -2.49. The van der Waals surface area contributed by atoms with Crippen molar-refractivity contribution in [3.63, 3.8) is 0 Å². The molecule has 10 heteroatoms. The molecule has 7 nitrogen and oxygen atoms in total.